The first kappa shape index (κ1) is 10.2. The van der Waals surface area contributed by atoms with Gasteiger partial charge in [-0.3, -0.25) is 0 Å². The molecule has 0 aliphatic carbocycles. The summed E-state index contributed by atoms with van der Waals surface area (Å²) < 4.78 is 10.4. The van der Waals surface area contributed by atoms with E-state index in [0.29, 0.717) is 27.4 Å². The summed E-state index contributed by atoms with van der Waals surface area (Å²) in [6.07, 6.45) is 0. The SMILES string of the molecule is O=C(O)c1cc(Cl)c2cc3c(cc2n1)OCO3. The third-order valence-electron chi connectivity index (χ3n) is 2.47. The number of pyridine rings is 1. The predicted molar refractivity (Wildman–Crippen MR) is 59.8 cm³/mol. The third kappa shape index (κ3) is 1.55. The summed E-state index contributed by atoms with van der Waals surface area (Å²) in [4.78, 5) is 14.8. The van der Waals surface area contributed by atoms with Gasteiger partial charge in [0.05, 0.1) is 10.5 Å². The number of hydrogen-bond acceptors (Lipinski definition) is 4. The number of benzene rings is 1. The molecule has 86 valence electrons. The normalized spacial score (nSPS) is 13.0. The van der Waals surface area contributed by atoms with Gasteiger partial charge in [0.25, 0.3) is 0 Å². The van der Waals surface area contributed by atoms with E-state index in [9.17, 15) is 4.79 Å². The number of ether oxygens (including phenoxy) is 2. The van der Waals surface area contributed by atoms with Crippen LogP contribution in [0.1, 0.15) is 10.5 Å². The van der Waals surface area contributed by atoms with Crippen LogP contribution < -0.4 is 9.47 Å². The maximum absolute atomic E-state index is 10.9. The van der Waals surface area contributed by atoms with Crippen LogP contribution in [0.5, 0.6) is 11.5 Å². The predicted octanol–water partition coefficient (Wildman–Crippen LogP) is 2.32. The largest absolute Gasteiger partial charge is 0.477 e. The van der Waals surface area contributed by atoms with E-state index in [1.54, 1.807) is 12.1 Å². The number of carbonyl (C=O) groups is 1. The summed E-state index contributed by atoms with van der Waals surface area (Å²) in [5, 5.41) is 9.85. The van der Waals surface area contributed by atoms with Crippen molar-refractivity contribution < 1.29 is 19.4 Å². The van der Waals surface area contributed by atoms with Crippen molar-refractivity contribution in [2.45, 2.75) is 0 Å². The fourth-order valence-electron chi connectivity index (χ4n) is 1.68. The van der Waals surface area contributed by atoms with E-state index in [2.05, 4.69) is 4.98 Å². The second kappa shape index (κ2) is 3.49. The molecular weight excluding hydrogens is 246 g/mol. The molecule has 1 aromatic carbocycles. The zero-order chi connectivity index (χ0) is 12.0. The minimum atomic E-state index is -1.12. The fraction of sp³-hybridized carbons (Fsp3) is 0.0909. The molecule has 0 bridgehead atoms. The molecule has 1 N–H and O–H groups in total. The summed E-state index contributed by atoms with van der Waals surface area (Å²) in [5.41, 5.74) is 0.375. The topological polar surface area (TPSA) is 68.7 Å². The first-order valence-electron chi connectivity index (χ1n) is 4.78. The molecule has 0 radical (unpaired) electrons. The zero-order valence-corrected chi connectivity index (χ0v) is 9.19. The highest BCUT2D eigenvalue weighted by Gasteiger charge is 2.17. The van der Waals surface area contributed by atoms with Crippen LogP contribution in [0, 0.1) is 0 Å². The van der Waals surface area contributed by atoms with Gasteiger partial charge in [0.2, 0.25) is 6.79 Å². The summed E-state index contributed by atoms with van der Waals surface area (Å²) in [7, 11) is 0. The quantitative estimate of drug-likeness (QED) is 0.842. The maximum Gasteiger partial charge on any atom is 0.354 e. The number of aromatic carboxylic acids is 1. The Morgan fingerprint density at radius 2 is 2.00 bits per heavy atom. The molecule has 5 nitrogen and oxygen atoms in total. The van der Waals surface area contributed by atoms with Crippen molar-refractivity contribution in [3.63, 3.8) is 0 Å². The lowest BCUT2D eigenvalue weighted by Crippen LogP contribution is -2.00. The molecule has 1 aromatic heterocycles. The molecule has 0 spiro atoms. The van der Waals surface area contributed by atoms with Gasteiger partial charge in [0, 0.05) is 11.5 Å². The van der Waals surface area contributed by atoms with Gasteiger partial charge in [-0.25, -0.2) is 9.78 Å². The molecule has 0 saturated heterocycles. The Labute approximate surface area is 101 Å². The van der Waals surface area contributed by atoms with Gasteiger partial charge in [-0.15, -0.1) is 0 Å². The number of nitrogens with zero attached hydrogens (tertiary/aromatic N) is 1. The average Bonchev–Trinajstić information content (AvgIpc) is 2.73. The average molecular weight is 252 g/mol. The third-order valence-corrected chi connectivity index (χ3v) is 2.78. The lowest BCUT2D eigenvalue weighted by atomic mass is 10.2. The Kier molecular flexibility index (Phi) is 2.09. The van der Waals surface area contributed by atoms with Crippen LogP contribution in [0.25, 0.3) is 10.9 Å². The molecule has 0 amide bonds. The van der Waals surface area contributed by atoms with Crippen molar-refractivity contribution in [1.29, 1.82) is 0 Å². The highest BCUT2D eigenvalue weighted by atomic mass is 35.5. The van der Waals surface area contributed by atoms with Crippen LogP contribution >= 0.6 is 11.6 Å². The highest BCUT2D eigenvalue weighted by Crippen LogP contribution is 2.37. The molecule has 1 aliphatic rings. The number of halogens is 1. The number of carboxylic acids is 1. The molecule has 17 heavy (non-hydrogen) atoms. The van der Waals surface area contributed by atoms with Gasteiger partial charge in [-0.05, 0) is 12.1 Å². The summed E-state index contributed by atoms with van der Waals surface area (Å²) in [6, 6.07) is 4.63. The van der Waals surface area contributed by atoms with Crippen molar-refractivity contribution in [2.75, 3.05) is 6.79 Å². The second-order valence-electron chi connectivity index (χ2n) is 3.52. The molecule has 0 unspecified atom stereocenters. The first-order chi connectivity index (χ1) is 8.15. The van der Waals surface area contributed by atoms with Gasteiger partial charge in [-0.2, -0.15) is 0 Å². The van der Waals surface area contributed by atoms with Gasteiger partial charge in [-0.1, -0.05) is 11.6 Å². The Morgan fingerprint density at radius 3 is 2.71 bits per heavy atom. The number of carboxylic acid groups (broad SMARTS) is 1. The molecule has 2 aromatic rings. The molecule has 2 heterocycles. The second-order valence-corrected chi connectivity index (χ2v) is 3.92. The van der Waals surface area contributed by atoms with Crippen molar-refractivity contribution in [1.82, 2.24) is 4.98 Å². The Bertz CT molecular complexity index is 641. The number of aromatic nitrogens is 1. The van der Waals surface area contributed by atoms with Gasteiger partial charge in [0.1, 0.15) is 5.69 Å². The molecule has 3 rings (SSSR count). The maximum atomic E-state index is 10.9. The number of hydrogen-bond donors (Lipinski definition) is 1. The van der Waals surface area contributed by atoms with Crippen LogP contribution in [0.4, 0.5) is 0 Å². The highest BCUT2D eigenvalue weighted by molar-refractivity contribution is 6.35. The smallest absolute Gasteiger partial charge is 0.354 e. The minimum Gasteiger partial charge on any atom is -0.477 e. The summed E-state index contributed by atoms with van der Waals surface area (Å²) >= 11 is 6.01. The van der Waals surface area contributed by atoms with Crippen LogP contribution in [-0.2, 0) is 0 Å². The van der Waals surface area contributed by atoms with Crippen molar-refractivity contribution >= 4 is 28.5 Å². The number of fused-ring (bicyclic) bond motifs is 2. The van der Waals surface area contributed by atoms with Crippen LogP contribution in [-0.4, -0.2) is 22.9 Å². The van der Waals surface area contributed by atoms with E-state index >= 15 is 0 Å². The van der Waals surface area contributed by atoms with Gasteiger partial charge >= 0.3 is 5.97 Å². The molecule has 6 heteroatoms. The Hall–Kier alpha value is -2.01. The zero-order valence-electron chi connectivity index (χ0n) is 8.44. The van der Waals surface area contributed by atoms with Gasteiger partial charge < -0.3 is 14.6 Å². The molecule has 0 saturated carbocycles. The monoisotopic (exact) mass is 251 g/mol. The van der Waals surface area contributed by atoms with E-state index in [1.807, 2.05) is 0 Å². The van der Waals surface area contributed by atoms with Crippen molar-refractivity contribution in [2.24, 2.45) is 0 Å². The minimum absolute atomic E-state index is 0.0960. The lowest BCUT2D eigenvalue weighted by Gasteiger charge is -2.03. The Morgan fingerprint density at radius 1 is 1.29 bits per heavy atom. The van der Waals surface area contributed by atoms with Gasteiger partial charge in [0.15, 0.2) is 11.5 Å². The first-order valence-corrected chi connectivity index (χ1v) is 5.16. The van der Waals surface area contributed by atoms with E-state index in [-0.39, 0.29) is 12.5 Å². The van der Waals surface area contributed by atoms with Crippen LogP contribution in [0.15, 0.2) is 18.2 Å². The van der Waals surface area contributed by atoms with Crippen LogP contribution in [0.3, 0.4) is 0 Å². The van der Waals surface area contributed by atoms with E-state index in [1.165, 1.54) is 6.07 Å². The van der Waals surface area contributed by atoms with Crippen molar-refractivity contribution in [3.05, 3.63) is 28.9 Å². The Balaban J connectivity index is 2.31. The lowest BCUT2D eigenvalue weighted by molar-refractivity contribution is 0.0691. The molecule has 1 aliphatic heterocycles. The van der Waals surface area contributed by atoms with E-state index < -0.39 is 5.97 Å². The van der Waals surface area contributed by atoms with E-state index in [4.69, 9.17) is 26.2 Å². The summed E-state index contributed by atoms with van der Waals surface area (Å²) in [5.74, 6) is 0.0133. The fourth-order valence-corrected chi connectivity index (χ4v) is 1.94. The van der Waals surface area contributed by atoms with E-state index in [0.717, 1.165) is 0 Å². The molecule has 0 atom stereocenters. The van der Waals surface area contributed by atoms with Crippen molar-refractivity contribution in [3.8, 4) is 11.5 Å². The standard InChI is InChI=1S/C11H6ClNO4/c12-6-2-8(11(14)15)13-7-3-10-9(1-5(6)7)16-4-17-10/h1-3H,4H2,(H,14,15). The summed E-state index contributed by atoms with van der Waals surface area (Å²) in [6.45, 7) is 0.148. The number of rotatable bonds is 1. The molecular formula is C11H6ClNO4. The van der Waals surface area contributed by atoms with Crippen LogP contribution in [0.2, 0.25) is 5.02 Å². The molecule has 0 fully saturated rings.